The number of cyclic esters (lactones) is 1. The number of rotatable bonds is 5. The van der Waals surface area contributed by atoms with Gasteiger partial charge in [0.05, 0.1) is 12.6 Å². The highest BCUT2D eigenvalue weighted by molar-refractivity contribution is 5.97. The summed E-state index contributed by atoms with van der Waals surface area (Å²) in [5.74, 6) is -0.405. The minimum absolute atomic E-state index is 0.0306. The minimum atomic E-state index is -0.683. The van der Waals surface area contributed by atoms with Crippen molar-refractivity contribution in [2.75, 3.05) is 26.4 Å². The van der Waals surface area contributed by atoms with E-state index in [2.05, 4.69) is 10.6 Å². The van der Waals surface area contributed by atoms with Gasteiger partial charge in [0, 0.05) is 19.3 Å². The molecule has 4 amide bonds. The van der Waals surface area contributed by atoms with E-state index in [0.717, 1.165) is 23.3 Å². The van der Waals surface area contributed by atoms with Crippen molar-refractivity contribution in [3.05, 3.63) is 35.9 Å². The molecule has 1 aromatic rings. The Morgan fingerprint density at radius 2 is 1.92 bits per heavy atom. The molecule has 0 aromatic heterocycles. The fourth-order valence-corrected chi connectivity index (χ4v) is 2.89. The molecule has 1 aromatic carbocycles. The molecular formula is C17H21N3O5. The van der Waals surface area contributed by atoms with Crippen molar-refractivity contribution in [3.8, 4) is 0 Å². The van der Waals surface area contributed by atoms with Crippen LogP contribution in [0.4, 0.5) is 9.59 Å². The van der Waals surface area contributed by atoms with Gasteiger partial charge in [0.15, 0.2) is 6.61 Å². The molecule has 2 aliphatic rings. The summed E-state index contributed by atoms with van der Waals surface area (Å²) < 4.78 is 10.0. The summed E-state index contributed by atoms with van der Waals surface area (Å²) in [6.07, 6.45) is 0.846. The van der Waals surface area contributed by atoms with E-state index in [4.69, 9.17) is 9.47 Å². The van der Waals surface area contributed by atoms with Crippen LogP contribution in [0.15, 0.2) is 30.3 Å². The standard InChI is InChI=1S/C17H21N3O5/c21-15-11-25-17(23)20(15)10-14(12-4-2-1-3-5-12)19-16(22)18-13-6-8-24-9-7-13/h1-5,13-14H,6-11H2,(H2,18,19,22). The van der Waals surface area contributed by atoms with Crippen molar-refractivity contribution in [1.82, 2.24) is 15.5 Å². The van der Waals surface area contributed by atoms with Crippen molar-refractivity contribution in [2.45, 2.75) is 24.9 Å². The van der Waals surface area contributed by atoms with Gasteiger partial charge < -0.3 is 20.1 Å². The van der Waals surface area contributed by atoms with E-state index >= 15 is 0 Å². The van der Waals surface area contributed by atoms with Crippen LogP contribution in [-0.4, -0.2) is 55.3 Å². The van der Waals surface area contributed by atoms with Crippen LogP contribution in [0.3, 0.4) is 0 Å². The third-order valence-electron chi connectivity index (χ3n) is 4.27. The molecular weight excluding hydrogens is 326 g/mol. The largest absolute Gasteiger partial charge is 0.439 e. The third-order valence-corrected chi connectivity index (χ3v) is 4.27. The zero-order valence-corrected chi connectivity index (χ0v) is 13.8. The number of amides is 4. The Kier molecular flexibility index (Phi) is 5.49. The van der Waals surface area contributed by atoms with Crippen molar-refractivity contribution in [3.63, 3.8) is 0 Å². The molecule has 25 heavy (non-hydrogen) atoms. The quantitative estimate of drug-likeness (QED) is 0.834. The molecule has 134 valence electrons. The number of nitrogens with zero attached hydrogens (tertiary/aromatic N) is 1. The monoisotopic (exact) mass is 347 g/mol. The van der Waals surface area contributed by atoms with E-state index in [1.807, 2.05) is 30.3 Å². The molecule has 2 fully saturated rings. The van der Waals surface area contributed by atoms with E-state index in [1.165, 1.54) is 0 Å². The molecule has 2 N–H and O–H groups in total. The average molecular weight is 347 g/mol. The van der Waals surface area contributed by atoms with Crippen LogP contribution < -0.4 is 10.6 Å². The van der Waals surface area contributed by atoms with Gasteiger partial charge in [0.1, 0.15) is 0 Å². The molecule has 8 heteroatoms. The number of imide groups is 1. The molecule has 2 aliphatic heterocycles. The van der Waals surface area contributed by atoms with Gasteiger partial charge in [-0.1, -0.05) is 30.3 Å². The molecule has 1 atom stereocenters. The Bertz CT molecular complexity index is 614. The van der Waals surface area contributed by atoms with Crippen LogP contribution in [-0.2, 0) is 14.3 Å². The lowest BCUT2D eigenvalue weighted by Gasteiger charge is -2.26. The Hall–Kier alpha value is -2.61. The van der Waals surface area contributed by atoms with Gasteiger partial charge in [-0.15, -0.1) is 0 Å². The number of hydrogen-bond acceptors (Lipinski definition) is 5. The van der Waals surface area contributed by atoms with E-state index in [9.17, 15) is 14.4 Å². The van der Waals surface area contributed by atoms with Crippen molar-refractivity contribution >= 4 is 18.0 Å². The molecule has 2 heterocycles. The number of carbonyl (C=O) groups excluding carboxylic acids is 3. The molecule has 0 radical (unpaired) electrons. The molecule has 0 bridgehead atoms. The first kappa shape index (κ1) is 17.2. The molecule has 3 rings (SSSR count). The van der Waals surface area contributed by atoms with Crippen LogP contribution >= 0.6 is 0 Å². The van der Waals surface area contributed by atoms with Crippen molar-refractivity contribution in [2.24, 2.45) is 0 Å². The van der Waals surface area contributed by atoms with Gasteiger partial charge in [-0.25, -0.2) is 14.5 Å². The van der Waals surface area contributed by atoms with Crippen LogP contribution in [0.1, 0.15) is 24.4 Å². The fourth-order valence-electron chi connectivity index (χ4n) is 2.89. The Labute approximate surface area is 145 Å². The van der Waals surface area contributed by atoms with Crippen LogP contribution in [0.2, 0.25) is 0 Å². The van der Waals surface area contributed by atoms with Crippen molar-refractivity contribution < 1.29 is 23.9 Å². The number of hydrogen-bond donors (Lipinski definition) is 2. The van der Waals surface area contributed by atoms with Gasteiger partial charge in [-0.05, 0) is 18.4 Å². The molecule has 1 unspecified atom stereocenters. The summed E-state index contributed by atoms with van der Waals surface area (Å²) in [6, 6.07) is 8.42. The summed E-state index contributed by atoms with van der Waals surface area (Å²) in [6.45, 7) is 1.03. The van der Waals surface area contributed by atoms with E-state index in [0.29, 0.717) is 13.2 Å². The molecule has 0 aliphatic carbocycles. The Morgan fingerprint density at radius 1 is 1.20 bits per heavy atom. The molecule has 2 saturated heterocycles. The lowest BCUT2D eigenvalue weighted by molar-refractivity contribution is -0.126. The number of urea groups is 1. The van der Waals surface area contributed by atoms with Gasteiger partial charge in [-0.3, -0.25) is 4.79 Å². The topological polar surface area (TPSA) is 97.0 Å². The number of ether oxygens (including phenoxy) is 2. The summed E-state index contributed by atoms with van der Waals surface area (Å²) >= 11 is 0. The SMILES string of the molecule is O=C(NC1CCOCC1)NC(CN1C(=O)COC1=O)c1ccccc1. The first-order chi connectivity index (χ1) is 12.1. The number of nitrogens with one attached hydrogen (secondary N) is 2. The first-order valence-electron chi connectivity index (χ1n) is 8.30. The summed E-state index contributed by atoms with van der Waals surface area (Å²) in [5.41, 5.74) is 0.803. The van der Waals surface area contributed by atoms with E-state index in [1.54, 1.807) is 0 Å². The van der Waals surface area contributed by atoms with Crippen LogP contribution in [0, 0.1) is 0 Å². The highest BCUT2D eigenvalue weighted by Crippen LogP contribution is 2.17. The van der Waals surface area contributed by atoms with E-state index in [-0.39, 0.29) is 25.2 Å². The Balaban J connectivity index is 1.67. The zero-order valence-electron chi connectivity index (χ0n) is 13.8. The third kappa shape index (κ3) is 4.48. The summed E-state index contributed by atoms with van der Waals surface area (Å²) in [4.78, 5) is 36.9. The second-order valence-electron chi connectivity index (χ2n) is 6.03. The molecule has 0 saturated carbocycles. The number of carbonyl (C=O) groups is 3. The first-order valence-corrected chi connectivity index (χ1v) is 8.30. The smallest absolute Gasteiger partial charge is 0.417 e. The van der Waals surface area contributed by atoms with Crippen LogP contribution in [0.5, 0.6) is 0 Å². The second kappa shape index (κ2) is 7.98. The maximum atomic E-state index is 12.3. The van der Waals surface area contributed by atoms with Crippen molar-refractivity contribution in [1.29, 1.82) is 0 Å². The lowest BCUT2D eigenvalue weighted by Crippen LogP contribution is -2.48. The normalized spacial score (nSPS) is 19.4. The summed E-state index contributed by atoms with van der Waals surface area (Å²) in [7, 11) is 0. The predicted molar refractivity (Wildman–Crippen MR) is 87.8 cm³/mol. The van der Waals surface area contributed by atoms with Gasteiger partial charge in [-0.2, -0.15) is 0 Å². The minimum Gasteiger partial charge on any atom is -0.439 e. The van der Waals surface area contributed by atoms with Gasteiger partial charge in [0.2, 0.25) is 0 Å². The highest BCUT2D eigenvalue weighted by Gasteiger charge is 2.34. The predicted octanol–water partition coefficient (Wildman–Crippen LogP) is 1.18. The van der Waals surface area contributed by atoms with E-state index < -0.39 is 18.0 Å². The Morgan fingerprint density at radius 3 is 2.56 bits per heavy atom. The maximum Gasteiger partial charge on any atom is 0.417 e. The maximum absolute atomic E-state index is 12.3. The van der Waals surface area contributed by atoms with Gasteiger partial charge in [0.25, 0.3) is 5.91 Å². The fraction of sp³-hybridized carbons (Fsp3) is 0.471. The summed E-state index contributed by atoms with van der Waals surface area (Å²) in [5, 5.41) is 5.77. The molecule has 0 spiro atoms. The van der Waals surface area contributed by atoms with Crippen LogP contribution in [0.25, 0.3) is 0 Å². The van der Waals surface area contributed by atoms with Gasteiger partial charge >= 0.3 is 12.1 Å². The molecule has 8 nitrogen and oxygen atoms in total. The lowest BCUT2D eigenvalue weighted by atomic mass is 10.1. The highest BCUT2D eigenvalue weighted by atomic mass is 16.6. The second-order valence-corrected chi connectivity index (χ2v) is 6.03. The average Bonchev–Trinajstić information content (AvgIpc) is 2.94. The zero-order chi connectivity index (χ0) is 17.6. The number of benzene rings is 1.